The molecule has 4 rings (SSSR count). The summed E-state index contributed by atoms with van der Waals surface area (Å²) in [4.78, 5) is 21.5. The lowest BCUT2D eigenvalue weighted by Crippen LogP contribution is -2.36. The largest absolute Gasteiger partial charge is 0.308 e. The molecule has 4 aromatic rings. The van der Waals surface area contributed by atoms with Crippen LogP contribution in [0.2, 0.25) is 5.02 Å². The SMILES string of the molecule is CN(C)CCN(C(=O)c1sc2ccccc2c1Cl)c1nc2c(F)cc(F)cc2s1.Cl. The fourth-order valence-corrected chi connectivity index (χ4v) is 5.41. The van der Waals surface area contributed by atoms with E-state index in [1.165, 1.54) is 22.3 Å². The second kappa shape index (κ2) is 9.11. The highest BCUT2D eigenvalue weighted by Gasteiger charge is 2.26. The van der Waals surface area contributed by atoms with Gasteiger partial charge in [0.25, 0.3) is 5.91 Å². The lowest BCUT2D eigenvalue weighted by molar-refractivity contribution is 0.0989. The highest BCUT2D eigenvalue weighted by Crippen LogP contribution is 2.38. The summed E-state index contributed by atoms with van der Waals surface area (Å²) in [5, 5.41) is 1.51. The summed E-state index contributed by atoms with van der Waals surface area (Å²) in [6.45, 7) is 0.904. The third kappa shape index (κ3) is 4.29. The quantitative estimate of drug-likeness (QED) is 0.342. The van der Waals surface area contributed by atoms with E-state index in [2.05, 4.69) is 4.98 Å². The van der Waals surface area contributed by atoms with E-state index in [0.717, 1.165) is 27.5 Å². The molecule has 0 radical (unpaired) electrons. The van der Waals surface area contributed by atoms with Gasteiger partial charge < -0.3 is 4.90 Å². The monoisotopic (exact) mass is 487 g/mol. The van der Waals surface area contributed by atoms with E-state index in [4.69, 9.17) is 11.6 Å². The maximum absolute atomic E-state index is 14.1. The molecule has 30 heavy (non-hydrogen) atoms. The van der Waals surface area contributed by atoms with Crippen molar-refractivity contribution in [3.63, 3.8) is 0 Å². The average Bonchev–Trinajstić information content (AvgIpc) is 3.23. The van der Waals surface area contributed by atoms with Gasteiger partial charge in [-0.3, -0.25) is 9.69 Å². The minimum Gasteiger partial charge on any atom is -0.308 e. The molecule has 10 heteroatoms. The molecular formula is C20H17Cl2F2N3OS2. The summed E-state index contributed by atoms with van der Waals surface area (Å²) >= 11 is 8.88. The zero-order valence-corrected chi connectivity index (χ0v) is 19.2. The first-order chi connectivity index (χ1) is 13.8. The van der Waals surface area contributed by atoms with Crippen molar-refractivity contribution < 1.29 is 13.6 Å². The molecule has 0 spiro atoms. The van der Waals surface area contributed by atoms with Crippen LogP contribution in [0.1, 0.15) is 9.67 Å². The summed E-state index contributed by atoms with van der Waals surface area (Å²) in [6, 6.07) is 9.54. The zero-order valence-electron chi connectivity index (χ0n) is 16.0. The van der Waals surface area contributed by atoms with Gasteiger partial charge in [0.2, 0.25) is 0 Å². The van der Waals surface area contributed by atoms with Crippen molar-refractivity contribution in [2.24, 2.45) is 0 Å². The Morgan fingerprint density at radius 2 is 1.83 bits per heavy atom. The van der Waals surface area contributed by atoms with Crippen molar-refractivity contribution in [1.29, 1.82) is 0 Å². The molecule has 0 fully saturated rings. The molecule has 2 aromatic carbocycles. The van der Waals surface area contributed by atoms with Gasteiger partial charge in [-0.05, 0) is 26.2 Å². The van der Waals surface area contributed by atoms with Crippen LogP contribution in [0.3, 0.4) is 0 Å². The number of amides is 1. The van der Waals surface area contributed by atoms with Gasteiger partial charge in [-0.2, -0.15) is 0 Å². The molecular weight excluding hydrogens is 471 g/mol. The number of carbonyl (C=O) groups is 1. The molecule has 158 valence electrons. The van der Waals surface area contributed by atoms with E-state index in [9.17, 15) is 13.6 Å². The molecule has 0 N–H and O–H groups in total. The van der Waals surface area contributed by atoms with Gasteiger partial charge in [-0.25, -0.2) is 13.8 Å². The highest BCUT2D eigenvalue weighted by atomic mass is 35.5. The van der Waals surface area contributed by atoms with E-state index in [-0.39, 0.29) is 23.8 Å². The third-order valence-electron chi connectivity index (χ3n) is 4.38. The number of thiazole rings is 1. The van der Waals surface area contributed by atoms with E-state index < -0.39 is 11.6 Å². The first kappa shape index (κ1) is 22.8. The summed E-state index contributed by atoms with van der Waals surface area (Å²) in [6.07, 6.45) is 0. The number of likely N-dealkylation sites (N-methyl/N-ethyl adjacent to an activating group) is 1. The summed E-state index contributed by atoms with van der Waals surface area (Å²) in [5.74, 6) is -1.73. The predicted octanol–water partition coefficient (Wildman–Crippen LogP) is 6.07. The number of rotatable bonds is 5. The van der Waals surface area contributed by atoms with Gasteiger partial charge >= 0.3 is 0 Å². The number of benzene rings is 2. The van der Waals surface area contributed by atoms with Crippen LogP contribution >= 0.6 is 46.7 Å². The number of hydrogen-bond donors (Lipinski definition) is 0. The van der Waals surface area contributed by atoms with Gasteiger partial charge in [0, 0.05) is 29.2 Å². The second-order valence-electron chi connectivity index (χ2n) is 6.73. The molecule has 0 atom stereocenters. The average molecular weight is 488 g/mol. The van der Waals surface area contributed by atoms with Gasteiger partial charge in [0.05, 0.1) is 9.72 Å². The molecule has 2 aromatic heterocycles. The molecule has 2 heterocycles. The number of thiophene rings is 1. The van der Waals surface area contributed by atoms with Crippen molar-refractivity contribution in [3.05, 3.63) is 57.9 Å². The van der Waals surface area contributed by atoms with Crippen LogP contribution in [0.5, 0.6) is 0 Å². The number of fused-ring (bicyclic) bond motifs is 2. The lowest BCUT2D eigenvalue weighted by Gasteiger charge is -2.21. The predicted molar refractivity (Wildman–Crippen MR) is 124 cm³/mol. The Kier molecular flexibility index (Phi) is 6.94. The van der Waals surface area contributed by atoms with Crippen molar-refractivity contribution in [3.8, 4) is 0 Å². The molecule has 0 bridgehead atoms. The Morgan fingerprint density at radius 1 is 1.10 bits per heavy atom. The first-order valence-corrected chi connectivity index (χ1v) is 10.8. The molecule has 0 aliphatic rings. The maximum atomic E-state index is 14.1. The summed E-state index contributed by atoms with van der Waals surface area (Å²) in [7, 11) is 3.78. The van der Waals surface area contributed by atoms with Gasteiger partial charge in [-0.15, -0.1) is 23.7 Å². The first-order valence-electron chi connectivity index (χ1n) is 8.74. The zero-order chi connectivity index (χ0) is 20.7. The smallest absolute Gasteiger partial charge is 0.271 e. The van der Waals surface area contributed by atoms with Crippen molar-refractivity contribution in [2.45, 2.75) is 0 Å². The Bertz CT molecular complexity index is 1230. The maximum Gasteiger partial charge on any atom is 0.271 e. The molecule has 0 unspecified atom stereocenters. The Morgan fingerprint density at radius 3 is 2.53 bits per heavy atom. The topological polar surface area (TPSA) is 36.4 Å². The van der Waals surface area contributed by atoms with Crippen LogP contribution in [0.4, 0.5) is 13.9 Å². The molecule has 0 aliphatic heterocycles. The molecule has 0 saturated heterocycles. The minimum absolute atomic E-state index is 0. The molecule has 4 nitrogen and oxygen atoms in total. The molecule has 0 aliphatic carbocycles. The molecule has 0 saturated carbocycles. The van der Waals surface area contributed by atoms with E-state index in [1.807, 2.05) is 43.3 Å². The van der Waals surface area contributed by atoms with Crippen LogP contribution in [0, 0.1) is 11.6 Å². The van der Waals surface area contributed by atoms with E-state index in [0.29, 0.717) is 32.8 Å². The minimum atomic E-state index is -0.748. The number of aromatic nitrogens is 1. The summed E-state index contributed by atoms with van der Waals surface area (Å²) in [5.41, 5.74) is 0.0523. The number of anilines is 1. The second-order valence-corrected chi connectivity index (χ2v) is 9.17. The third-order valence-corrected chi connectivity index (χ3v) is 7.07. The highest BCUT2D eigenvalue weighted by molar-refractivity contribution is 7.23. The number of nitrogens with zero attached hydrogens (tertiary/aromatic N) is 3. The standard InChI is InChI=1S/C20H16ClF2N3OS2.ClH/c1-25(2)7-8-26(20-24-17-13(23)9-11(22)10-15(17)29-20)19(27)18-16(21)12-5-3-4-6-14(12)28-18;/h3-6,9-10H,7-8H2,1-2H3;1H. The Labute approximate surface area is 191 Å². The van der Waals surface area contributed by atoms with Crippen LogP contribution in [-0.4, -0.2) is 43.0 Å². The Hall–Kier alpha value is -1.84. The van der Waals surface area contributed by atoms with Crippen molar-refractivity contribution in [1.82, 2.24) is 9.88 Å². The number of carbonyl (C=O) groups excluding carboxylic acids is 1. The van der Waals surface area contributed by atoms with Gasteiger partial charge in [0.15, 0.2) is 10.9 Å². The van der Waals surface area contributed by atoms with Crippen LogP contribution in [0.25, 0.3) is 20.3 Å². The Balaban J connectivity index is 0.00000256. The van der Waals surface area contributed by atoms with Crippen molar-refractivity contribution in [2.75, 3.05) is 32.1 Å². The van der Waals surface area contributed by atoms with Crippen molar-refractivity contribution >= 4 is 78.0 Å². The van der Waals surface area contributed by atoms with Gasteiger partial charge in [-0.1, -0.05) is 41.1 Å². The fraction of sp³-hybridized carbons (Fsp3) is 0.200. The van der Waals surface area contributed by atoms with Gasteiger partial charge in [0.1, 0.15) is 16.2 Å². The van der Waals surface area contributed by atoms with Crippen LogP contribution < -0.4 is 4.90 Å². The summed E-state index contributed by atoms with van der Waals surface area (Å²) < 4.78 is 29.0. The normalized spacial score (nSPS) is 11.3. The van der Waals surface area contributed by atoms with Crippen LogP contribution in [0.15, 0.2) is 36.4 Å². The van der Waals surface area contributed by atoms with E-state index in [1.54, 1.807) is 0 Å². The number of halogens is 4. The number of hydrogen-bond acceptors (Lipinski definition) is 5. The molecule has 1 amide bonds. The van der Waals surface area contributed by atoms with Crippen LogP contribution in [-0.2, 0) is 0 Å². The fourth-order valence-electron chi connectivity index (χ4n) is 2.92. The van der Waals surface area contributed by atoms with E-state index >= 15 is 0 Å². The lowest BCUT2D eigenvalue weighted by atomic mass is 10.2.